The number of nitrogens with zero attached hydrogens (tertiary/aromatic N) is 1. The van der Waals surface area contributed by atoms with E-state index < -0.39 is 9.84 Å². The number of sulfone groups is 1. The zero-order valence-corrected chi connectivity index (χ0v) is 17.5. The Kier molecular flexibility index (Phi) is 6.08. The topological polar surface area (TPSA) is 76.8 Å². The molecule has 1 saturated heterocycles. The van der Waals surface area contributed by atoms with Gasteiger partial charge in [0.15, 0.2) is 9.84 Å². The van der Waals surface area contributed by atoms with Gasteiger partial charge in [0.1, 0.15) is 11.5 Å². The molecule has 1 aliphatic rings. The summed E-state index contributed by atoms with van der Waals surface area (Å²) in [7, 11) is -3.08. The Hall–Kier alpha value is -2.80. The van der Waals surface area contributed by atoms with Crippen molar-refractivity contribution in [1.82, 2.24) is 4.90 Å². The van der Waals surface area contributed by atoms with Crippen LogP contribution in [0.1, 0.15) is 25.0 Å². The highest BCUT2D eigenvalue weighted by Gasteiger charge is 2.34. The highest BCUT2D eigenvalue weighted by atomic mass is 32.2. The third-order valence-electron chi connectivity index (χ3n) is 5.42. The summed E-state index contributed by atoms with van der Waals surface area (Å²) in [5, 5.41) is 2.15. The van der Waals surface area contributed by atoms with Gasteiger partial charge in [-0.25, -0.2) is 8.42 Å². The van der Waals surface area contributed by atoms with E-state index in [0.29, 0.717) is 31.6 Å². The molecule has 1 amide bonds. The van der Waals surface area contributed by atoms with Crippen LogP contribution in [-0.4, -0.2) is 43.4 Å². The van der Waals surface area contributed by atoms with Gasteiger partial charge in [-0.3, -0.25) is 4.79 Å². The van der Waals surface area contributed by atoms with E-state index >= 15 is 0 Å². The molecule has 0 N–H and O–H groups in total. The minimum atomic E-state index is -3.08. The van der Waals surface area contributed by atoms with Crippen molar-refractivity contribution in [2.75, 3.05) is 18.1 Å². The minimum Gasteiger partial charge on any atom is -0.493 e. The number of benzene rings is 2. The fraction of sp³-hybridized carbons (Fsp3) is 0.348. The van der Waals surface area contributed by atoms with Crippen LogP contribution in [0.5, 0.6) is 5.75 Å². The molecule has 6 nitrogen and oxygen atoms in total. The summed E-state index contributed by atoms with van der Waals surface area (Å²) in [5.74, 6) is 1.53. The van der Waals surface area contributed by atoms with E-state index in [1.807, 2.05) is 42.5 Å². The highest BCUT2D eigenvalue weighted by molar-refractivity contribution is 7.91. The first kappa shape index (κ1) is 20.5. The number of ether oxygens (including phenoxy) is 1. The number of hydrogen-bond acceptors (Lipinski definition) is 5. The third-order valence-corrected chi connectivity index (χ3v) is 7.17. The van der Waals surface area contributed by atoms with Gasteiger partial charge < -0.3 is 14.1 Å². The summed E-state index contributed by atoms with van der Waals surface area (Å²) in [4.78, 5) is 14.6. The molecule has 0 spiro atoms. The van der Waals surface area contributed by atoms with Gasteiger partial charge in [-0.15, -0.1) is 0 Å². The molecule has 1 unspecified atom stereocenters. The summed E-state index contributed by atoms with van der Waals surface area (Å²) < 4.78 is 35.1. The molecule has 0 aliphatic carbocycles. The molecule has 2 aromatic carbocycles. The first-order chi connectivity index (χ1) is 14.5. The van der Waals surface area contributed by atoms with Crippen molar-refractivity contribution in [3.63, 3.8) is 0 Å². The number of amides is 1. The zero-order chi connectivity index (χ0) is 21.0. The lowest BCUT2D eigenvalue weighted by Gasteiger charge is -2.27. The van der Waals surface area contributed by atoms with E-state index in [2.05, 4.69) is 0 Å². The maximum Gasteiger partial charge on any atom is 0.223 e. The van der Waals surface area contributed by atoms with Crippen LogP contribution in [0.2, 0.25) is 0 Å². The van der Waals surface area contributed by atoms with Gasteiger partial charge in [0.25, 0.3) is 0 Å². The molecule has 1 atom stereocenters. The molecule has 0 radical (unpaired) electrons. The van der Waals surface area contributed by atoms with Crippen LogP contribution in [-0.2, 0) is 21.2 Å². The molecule has 2 heterocycles. The van der Waals surface area contributed by atoms with E-state index in [1.54, 1.807) is 23.3 Å². The second-order valence-corrected chi connectivity index (χ2v) is 9.82. The Morgan fingerprint density at radius 1 is 1.10 bits per heavy atom. The van der Waals surface area contributed by atoms with E-state index in [0.717, 1.165) is 16.5 Å². The zero-order valence-electron chi connectivity index (χ0n) is 16.7. The number of hydrogen-bond donors (Lipinski definition) is 0. The molecule has 7 heteroatoms. The summed E-state index contributed by atoms with van der Waals surface area (Å²) in [6.07, 6.45) is 2.88. The van der Waals surface area contributed by atoms with E-state index in [1.165, 1.54) is 0 Å². The fourth-order valence-electron chi connectivity index (χ4n) is 3.88. The van der Waals surface area contributed by atoms with Gasteiger partial charge in [-0.1, -0.05) is 36.4 Å². The Bertz CT molecular complexity index is 1100. The van der Waals surface area contributed by atoms with Gasteiger partial charge in [0, 0.05) is 17.8 Å². The number of carbonyl (C=O) groups excluding carboxylic acids is 1. The molecule has 1 aliphatic heterocycles. The van der Waals surface area contributed by atoms with Crippen LogP contribution in [0.3, 0.4) is 0 Å². The van der Waals surface area contributed by atoms with E-state index in [-0.39, 0.29) is 30.0 Å². The smallest absolute Gasteiger partial charge is 0.223 e. The van der Waals surface area contributed by atoms with Gasteiger partial charge >= 0.3 is 0 Å². The number of furan rings is 1. The normalized spacial score (nSPS) is 17.8. The van der Waals surface area contributed by atoms with Gasteiger partial charge in [0.05, 0.1) is 30.9 Å². The van der Waals surface area contributed by atoms with Crippen LogP contribution in [0.25, 0.3) is 10.8 Å². The SMILES string of the molecule is O=C(CCCOc1cccc2ccccc12)N(Cc1ccco1)C1CCS(=O)(=O)C1. The summed E-state index contributed by atoms with van der Waals surface area (Å²) in [5.41, 5.74) is 0. The number of carbonyl (C=O) groups is 1. The maximum atomic E-state index is 12.9. The molecule has 4 rings (SSSR count). The third kappa shape index (κ3) is 4.84. The fourth-order valence-corrected chi connectivity index (χ4v) is 5.61. The van der Waals surface area contributed by atoms with Crippen molar-refractivity contribution >= 4 is 26.5 Å². The van der Waals surface area contributed by atoms with Gasteiger partial charge in [-0.05, 0) is 36.4 Å². The van der Waals surface area contributed by atoms with Crippen molar-refractivity contribution in [2.24, 2.45) is 0 Å². The average Bonchev–Trinajstić information content (AvgIpc) is 3.38. The average molecular weight is 428 g/mol. The first-order valence-electron chi connectivity index (χ1n) is 10.1. The molecule has 30 heavy (non-hydrogen) atoms. The van der Waals surface area contributed by atoms with Crippen molar-refractivity contribution < 1.29 is 22.4 Å². The van der Waals surface area contributed by atoms with E-state index in [4.69, 9.17) is 9.15 Å². The minimum absolute atomic E-state index is 0.0198. The second kappa shape index (κ2) is 8.92. The van der Waals surface area contributed by atoms with Crippen molar-refractivity contribution in [3.8, 4) is 5.75 Å². The van der Waals surface area contributed by atoms with Crippen LogP contribution in [0, 0.1) is 0 Å². The molecule has 0 bridgehead atoms. The largest absolute Gasteiger partial charge is 0.493 e. The lowest BCUT2D eigenvalue weighted by atomic mass is 10.1. The first-order valence-corrected chi connectivity index (χ1v) is 12.0. The Labute approximate surface area is 176 Å². The molecule has 1 fully saturated rings. The molecule has 0 saturated carbocycles. The standard InChI is InChI=1S/C23H25NO5S/c25-23(11-5-14-29-22-10-3-7-18-6-1-2-9-21(18)22)24(16-20-8-4-13-28-20)19-12-15-30(26,27)17-19/h1-4,6-10,13,19H,5,11-12,14-17H2. The quantitative estimate of drug-likeness (QED) is 0.511. The monoisotopic (exact) mass is 427 g/mol. The molecule has 158 valence electrons. The van der Waals surface area contributed by atoms with E-state index in [9.17, 15) is 13.2 Å². The van der Waals surface area contributed by atoms with Crippen LogP contribution < -0.4 is 4.74 Å². The highest BCUT2D eigenvalue weighted by Crippen LogP contribution is 2.26. The van der Waals surface area contributed by atoms with Gasteiger partial charge in [0.2, 0.25) is 5.91 Å². The lowest BCUT2D eigenvalue weighted by molar-refractivity contribution is -0.134. The number of fused-ring (bicyclic) bond motifs is 1. The Morgan fingerprint density at radius 2 is 1.93 bits per heavy atom. The van der Waals surface area contributed by atoms with Crippen molar-refractivity contribution in [2.45, 2.75) is 31.8 Å². The van der Waals surface area contributed by atoms with Crippen molar-refractivity contribution in [1.29, 1.82) is 0 Å². The van der Waals surface area contributed by atoms with Crippen LogP contribution in [0.4, 0.5) is 0 Å². The lowest BCUT2D eigenvalue weighted by Crippen LogP contribution is -2.40. The second-order valence-electron chi connectivity index (χ2n) is 7.59. The molecule has 1 aromatic heterocycles. The molecular formula is C23H25NO5S. The predicted octanol–water partition coefficient (Wildman–Crippen LogP) is 3.81. The molecule has 3 aromatic rings. The Balaban J connectivity index is 1.36. The Morgan fingerprint density at radius 3 is 2.70 bits per heavy atom. The predicted molar refractivity (Wildman–Crippen MR) is 115 cm³/mol. The summed E-state index contributed by atoms with van der Waals surface area (Å²) in [6.45, 7) is 0.702. The summed E-state index contributed by atoms with van der Waals surface area (Å²) in [6, 6.07) is 17.2. The number of rotatable bonds is 8. The van der Waals surface area contributed by atoms with Crippen LogP contribution >= 0.6 is 0 Å². The van der Waals surface area contributed by atoms with Crippen LogP contribution in [0.15, 0.2) is 65.3 Å². The summed E-state index contributed by atoms with van der Waals surface area (Å²) >= 11 is 0. The molecular weight excluding hydrogens is 402 g/mol. The maximum absolute atomic E-state index is 12.9. The van der Waals surface area contributed by atoms with Gasteiger partial charge in [-0.2, -0.15) is 0 Å². The van der Waals surface area contributed by atoms with Crippen molar-refractivity contribution in [3.05, 3.63) is 66.6 Å².